The summed E-state index contributed by atoms with van der Waals surface area (Å²) in [5.41, 5.74) is 0.283. The third-order valence-electron chi connectivity index (χ3n) is 5.43. The van der Waals surface area contributed by atoms with Crippen molar-refractivity contribution in [2.75, 3.05) is 39.9 Å². The van der Waals surface area contributed by atoms with Gasteiger partial charge in [0.1, 0.15) is 0 Å². The highest BCUT2D eigenvalue weighted by Gasteiger charge is 2.25. The van der Waals surface area contributed by atoms with Gasteiger partial charge in [-0.2, -0.15) is 0 Å². The summed E-state index contributed by atoms with van der Waals surface area (Å²) in [7, 11) is 1.89. The zero-order chi connectivity index (χ0) is 19.0. The molecule has 1 N–H and O–H groups in total. The second-order valence-corrected chi connectivity index (χ2v) is 9.17. The second-order valence-electron chi connectivity index (χ2n) is 9.17. The standard InChI is InChI=1S/C21H41N3O2/c1-17(2)14-21(3,4)16-23-20(22-5)24-11-9-18(10-12-24)26-15-19-8-6-7-13-25-19/h17-19H,6-16H2,1-5H3,(H,22,23). The third kappa shape index (κ3) is 7.43. The van der Waals surface area contributed by atoms with Gasteiger partial charge in [-0.05, 0) is 49.9 Å². The first kappa shape index (κ1) is 21.5. The van der Waals surface area contributed by atoms with Crippen molar-refractivity contribution in [3.63, 3.8) is 0 Å². The van der Waals surface area contributed by atoms with Gasteiger partial charge >= 0.3 is 0 Å². The van der Waals surface area contributed by atoms with Crippen LogP contribution in [0.5, 0.6) is 0 Å². The molecular formula is C21H41N3O2. The van der Waals surface area contributed by atoms with Gasteiger partial charge in [0.25, 0.3) is 0 Å². The van der Waals surface area contributed by atoms with Crippen LogP contribution in [0.15, 0.2) is 4.99 Å². The molecule has 2 aliphatic heterocycles. The molecule has 0 aromatic heterocycles. The fourth-order valence-corrected chi connectivity index (χ4v) is 4.24. The predicted octanol–water partition coefficient (Wildman–Crippen LogP) is 3.68. The van der Waals surface area contributed by atoms with Crippen molar-refractivity contribution in [1.82, 2.24) is 10.2 Å². The molecule has 0 saturated carbocycles. The van der Waals surface area contributed by atoms with Crippen LogP contribution in [0.3, 0.4) is 0 Å². The number of hydrogen-bond donors (Lipinski definition) is 1. The molecule has 2 heterocycles. The molecular weight excluding hydrogens is 326 g/mol. The van der Waals surface area contributed by atoms with Crippen LogP contribution in [0.2, 0.25) is 0 Å². The van der Waals surface area contributed by atoms with Gasteiger partial charge in [0.15, 0.2) is 5.96 Å². The van der Waals surface area contributed by atoms with Crippen LogP contribution in [0.25, 0.3) is 0 Å². The Kier molecular flexibility index (Phi) is 8.68. The van der Waals surface area contributed by atoms with E-state index in [0.29, 0.717) is 12.2 Å². The fourth-order valence-electron chi connectivity index (χ4n) is 4.24. The SMILES string of the molecule is CN=C(NCC(C)(C)CC(C)C)N1CCC(OCC2CCCCO2)CC1. The number of nitrogens with zero attached hydrogens (tertiary/aromatic N) is 2. The van der Waals surface area contributed by atoms with Gasteiger partial charge in [-0.3, -0.25) is 4.99 Å². The smallest absolute Gasteiger partial charge is 0.193 e. The number of likely N-dealkylation sites (tertiary alicyclic amines) is 1. The molecule has 0 bridgehead atoms. The average molecular weight is 368 g/mol. The Balaban J connectivity index is 1.69. The molecule has 26 heavy (non-hydrogen) atoms. The zero-order valence-electron chi connectivity index (χ0n) is 17.7. The van der Waals surface area contributed by atoms with Crippen LogP contribution in [0.1, 0.15) is 66.2 Å². The lowest BCUT2D eigenvalue weighted by Crippen LogP contribution is -2.49. The summed E-state index contributed by atoms with van der Waals surface area (Å²) in [6, 6.07) is 0. The van der Waals surface area contributed by atoms with Crippen LogP contribution in [0, 0.1) is 11.3 Å². The molecule has 1 atom stereocenters. The van der Waals surface area contributed by atoms with Gasteiger partial charge in [-0.1, -0.05) is 27.7 Å². The van der Waals surface area contributed by atoms with E-state index in [9.17, 15) is 0 Å². The van der Waals surface area contributed by atoms with E-state index in [1.165, 1.54) is 19.3 Å². The molecule has 5 nitrogen and oxygen atoms in total. The highest BCUT2D eigenvalue weighted by molar-refractivity contribution is 5.80. The van der Waals surface area contributed by atoms with Crippen LogP contribution in [0.4, 0.5) is 0 Å². The lowest BCUT2D eigenvalue weighted by molar-refractivity contribution is -0.0721. The van der Waals surface area contributed by atoms with E-state index in [1.807, 2.05) is 7.05 Å². The monoisotopic (exact) mass is 367 g/mol. The molecule has 0 spiro atoms. The average Bonchev–Trinajstić information content (AvgIpc) is 2.61. The Morgan fingerprint density at radius 1 is 1.23 bits per heavy atom. The maximum atomic E-state index is 6.13. The third-order valence-corrected chi connectivity index (χ3v) is 5.43. The highest BCUT2D eigenvalue weighted by atomic mass is 16.5. The van der Waals surface area contributed by atoms with Crippen molar-refractivity contribution < 1.29 is 9.47 Å². The predicted molar refractivity (Wildman–Crippen MR) is 109 cm³/mol. The number of aliphatic imine (C=N–C) groups is 1. The Morgan fingerprint density at radius 2 is 1.96 bits per heavy atom. The van der Waals surface area contributed by atoms with Crippen molar-refractivity contribution >= 4 is 5.96 Å². The molecule has 2 fully saturated rings. The second kappa shape index (κ2) is 10.5. The summed E-state index contributed by atoms with van der Waals surface area (Å²) in [6.45, 7) is 13.9. The van der Waals surface area contributed by atoms with Crippen LogP contribution in [-0.4, -0.2) is 63.0 Å². The van der Waals surface area contributed by atoms with E-state index in [4.69, 9.17) is 9.47 Å². The molecule has 1 unspecified atom stereocenters. The van der Waals surface area contributed by atoms with Crippen molar-refractivity contribution in [1.29, 1.82) is 0 Å². The summed E-state index contributed by atoms with van der Waals surface area (Å²) in [5, 5.41) is 3.60. The number of nitrogens with one attached hydrogen (secondary N) is 1. The molecule has 0 aromatic carbocycles. The van der Waals surface area contributed by atoms with Gasteiger partial charge in [0.05, 0.1) is 18.8 Å². The molecule has 152 valence electrons. The maximum absolute atomic E-state index is 6.13. The summed E-state index contributed by atoms with van der Waals surface area (Å²) in [5.74, 6) is 1.76. The number of ether oxygens (including phenoxy) is 2. The lowest BCUT2D eigenvalue weighted by atomic mass is 9.84. The van der Waals surface area contributed by atoms with Gasteiger partial charge in [0, 0.05) is 33.3 Å². The molecule has 0 radical (unpaired) electrons. The lowest BCUT2D eigenvalue weighted by Gasteiger charge is -2.36. The van der Waals surface area contributed by atoms with Crippen molar-refractivity contribution in [3.8, 4) is 0 Å². The molecule has 2 rings (SSSR count). The first-order valence-corrected chi connectivity index (χ1v) is 10.6. The minimum absolute atomic E-state index is 0.283. The summed E-state index contributed by atoms with van der Waals surface area (Å²) < 4.78 is 11.9. The van der Waals surface area contributed by atoms with E-state index in [0.717, 1.165) is 64.0 Å². The van der Waals surface area contributed by atoms with Crippen LogP contribution >= 0.6 is 0 Å². The Morgan fingerprint density at radius 3 is 2.54 bits per heavy atom. The first-order chi connectivity index (χ1) is 12.4. The van der Waals surface area contributed by atoms with Crippen molar-refractivity contribution in [2.45, 2.75) is 78.4 Å². The number of guanidine groups is 1. The fraction of sp³-hybridized carbons (Fsp3) is 0.952. The molecule has 0 aromatic rings. The normalized spacial score (nSPS) is 23.5. The van der Waals surface area contributed by atoms with Gasteiger partial charge < -0.3 is 19.7 Å². The van der Waals surface area contributed by atoms with Crippen LogP contribution < -0.4 is 5.32 Å². The van der Waals surface area contributed by atoms with Crippen LogP contribution in [-0.2, 0) is 9.47 Å². The largest absolute Gasteiger partial charge is 0.376 e. The van der Waals surface area contributed by atoms with E-state index in [-0.39, 0.29) is 5.41 Å². The molecule has 0 amide bonds. The summed E-state index contributed by atoms with van der Waals surface area (Å²) in [6.07, 6.45) is 7.69. The topological polar surface area (TPSA) is 46.1 Å². The minimum atomic E-state index is 0.283. The van der Waals surface area contributed by atoms with E-state index < -0.39 is 0 Å². The molecule has 2 aliphatic rings. The molecule has 0 aliphatic carbocycles. The van der Waals surface area contributed by atoms with Crippen molar-refractivity contribution in [2.24, 2.45) is 16.3 Å². The molecule has 5 heteroatoms. The number of piperidine rings is 1. The zero-order valence-corrected chi connectivity index (χ0v) is 17.7. The number of hydrogen-bond acceptors (Lipinski definition) is 3. The summed E-state index contributed by atoms with van der Waals surface area (Å²) >= 11 is 0. The maximum Gasteiger partial charge on any atom is 0.193 e. The molecule has 2 saturated heterocycles. The number of rotatable bonds is 7. The van der Waals surface area contributed by atoms with E-state index in [2.05, 4.69) is 42.9 Å². The first-order valence-electron chi connectivity index (χ1n) is 10.6. The summed E-state index contributed by atoms with van der Waals surface area (Å²) in [4.78, 5) is 6.89. The Bertz CT molecular complexity index is 423. The van der Waals surface area contributed by atoms with E-state index in [1.54, 1.807) is 0 Å². The Hall–Kier alpha value is -0.810. The van der Waals surface area contributed by atoms with Gasteiger partial charge in [-0.15, -0.1) is 0 Å². The van der Waals surface area contributed by atoms with Crippen molar-refractivity contribution in [3.05, 3.63) is 0 Å². The quantitative estimate of drug-likeness (QED) is 0.551. The van der Waals surface area contributed by atoms with E-state index >= 15 is 0 Å². The highest BCUT2D eigenvalue weighted by Crippen LogP contribution is 2.24. The Labute approximate surface area is 160 Å². The minimum Gasteiger partial charge on any atom is -0.376 e. The van der Waals surface area contributed by atoms with Gasteiger partial charge in [-0.25, -0.2) is 0 Å². The van der Waals surface area contributed by atoms with Gasteiger partial charge in [0.2, 0.25) is 0 Å².